The Morgan fingerprint density at radius 2 is 1.50 bits per heavy atom. The van der Waals surface area contributed by atoms with Gasteiger partial charge in [-0.2, -0.15) is 0 Å². The second-order valence-electron chi connectivity index (χ2n) is 3.91. The van der Waals surface area contributed by atoms with Crippen molar-refractivity contribution in [3.05, 3.63) is 0 Å². The maximum Gasteiger partial charge on any atom is 0.325 e. The van der Waals surface area contributed by atoms with Gasteiger partial charge in [-0.15, -0.1) is 0 Å². The van der Waals surface area contributed by atoms with E-state index in [9.17, 15) is 14.4 Å². The summed E-state index contributed by atoms with van der Waals surface area (Å²) in [5.74, 6) is -1.33. The first-order valence-electron chi connectivity index (χ1n) is 5.92. The summed E-state index contributed by atoms with van der Waals surface area (Å²) in [4.78, 5) is 35.4. The Kier molecular flexibility index (Phi) is 6.77. The Hall–Kier alpha value is -1.79. The van der Waals surface area contributed by atoms with Crippen LogP contribution in [0.15, 0.2) is 0 Å². The minimum atomic E-state index is -1.13. The number of nitrogens with one attached hydrogen (secondary N) is 2. The number of hydrogen-bond acceptors (Lipinski definition) is 3. The summed E-state index contributed by atoms with van der Waals surface area (Å²) in [5, 5.41) is 13.3. The molecule has 0 heterocycles. The number of amides is 3. The average molecular weight is 259 g/mol. The third-order valence-electron chi connectivity index (χ3n) is 2.51. The molecule has 0 aliphatic heterocycles. The van der Waals surface area contributed by atoms with Gasteiger partial charge in [0.15, 0.2) is 0 Å². The minimum absolute atomic E-state index is 0.196. The monoisotopic (exact) mass is 259 g/mol. The lowest BCUT2D eigenvalue weighted by Crippen LogP contribution is -2.52. The van der Waals surface area contributed by atoms with Gasteiger partial charge in [-0.25, -0.2) is 4.79 Å². The molecule has 7 nitrogen and oxygen atoms in total. The van der Waals surface area contributed by atoms with E-state index in [-0.39, 0.29) is 5.91 Å². The predicted octanol–water partition coefficient (Wildman–Crippen LogP) is 0.0156. The Morgan fingerprint density at radius 1 is 1.06 bits per heavy atom. The van der Waals surface area contributed by atoms with Crippen molar-refractivity contribution in [3.63, 3.8) is 0 Å². The second kappa shape index (κ2) is 7.52. The van der Waals surface area contributed by atoms with Crippen molar-refractivity contribution in [1.29, 1.82) is 0 Å². The number of nitrogens with zero attached hydrogens (tertiary/aromatic N) is 1. The van der Waals surface area contributed by atoms with E-state index in [1.54, 1.807) is 11.8 Å². The molecular formula is C11H21N3O4. The molecule has 0 aromatic rings. The van der Waals surface area contributed by atoms with Crippen LogP contribution in [0, 0.1) is 0 Å². The van der Waals surface area contributed by atoms with E-state index in [1.165, 1.54) is 6.92 Å². The summed E-state index contributed by atoms with van der Waals surface area (Å²) in [7, 11) is 0. The van der Waals surface area contributed by atoms with Gasteiger partial charge in [0.05, 0.1) is 0 Å². The quantitative estimate of drug-likeness (QED) is 0.626. The molecule has 0 aromatic heterocycles. The molecule has 0 spiro atoms. The van der Waals surface area contributed by atoms with Crippen molar-refractivity contribution in [3.8, 4) is 0 Å². The zero-order valence-corrected chi connectivity index (χ0v) is 11.2. The molecular weight excluding hydrogens is 238 g/mol. The van der Waals surface area contributed by atoms with Crippen molar-refractivity contribution >= 4 is 17.9 Å². The van der Waals surface area contributed by atoms with E-state index in [2.05, 4.69) is 10.6 Å². The number of urea groups is 1. The summed E-state index contributed by atoms with van der Waals surface area (Å²) in [6.45, 7) is 7.73. The smallest absolute Gasteiger partial charge is 0.325 e. The highest BCUT2D eigenvalue weighted by molar-refractivity contribution is 5.88. The van der Waals surface area contributed by atoms with Gasteiger partial charge in [0.1, 0.15) is 12.1 Å². The lowest BCUT2D eigenvalue weighted by atomic mass is 10.3. The number of rotatable bonds is 6. The Balaban J connectivity index is 4.30. The molecule has 18 heavy (non-hydrogen) atoms. The van der Waals surface area contributed by atoms with Crippen molar-refractivity contribution < 1.29 is 19.5 Å². The standard InChI is InChI=1S/C11H21N3O4/c1-5-14(6-2)9(15)7(3)12-11(18)13-8(4)10(16)17/h7-8H,5-6H2,1-4H3,(H,16,17)(H2,12,13,18). The lowest BCUT2D eigenvalue weighted by Gasteiger charge is -2.23. The van der Waals surface area contributed by atoms with Gasteiger partial charge in [-0.05, 0) is 27.7 Å². The molecule has 0 fully saturated rings. The molecule has 0 radical (unpaired) electrons. The average Bonchev–Trinajstić information content (AvgIpc) is 2.29. The lowest BCUT2D eigenvalue weighted by molar-refractivity contribution is -0.138. The molecule has 3 amide bonds. The van der Waals surface area contributed by atoms with E-state index in [1.807, 2.05) is 13.8 Å². The number of hydrogen-bond donors (Lipinski definition) is 3. The molecule has 2 unspecified atom stereocenters. The molecule has 0 rings (SSSR count). The fraction of sp³-hybridized carbons (Fsp3) is 0.727. The van der Waals surface area contributed by atoms with E-state index in [0.717, 1.165) is 0 Å². The highest BCUT2D eigenvalue weighted by Crippen LogP contribution is 1.95. The number of likely N-dealkylation sites (N-methyl/N-ethyl adjacent to an activating group) is 1. The second-order valence-corrected chi connectivity index (χ2v) is 3.91. The van der Waals surface area contributed by atoms with Gasteiger partial charge < -0.3 is 20.6 Å². The summed E-state index contributed by atoms with van der Waals surface area (Å²) in [6.07, 6.45) is 0. The number of aliphatic carboxylic acids is 1. The predicted molar refractivity (Wildman–Crippen MR) is 66.2 cm³/mol. The van der Waals surface area contributed by atoms with E-state index >= 15 is 0 Å². The van der Waals surface area contributed by atoms with Gasteiger partial charge >= 0.3 is 12.0 Å². The summed E-state index contributed by atoms with van der Waals surface area (Å²) in [5.41, 5.74) is 0. The van der Waals surface area contributed by atoms with Gasteiger partial charge in [-0.3, -0.25) is 9.59 Å². The Labute approximate surface area is 107 Å². The summed E-state index contributed by atoms with van der Waals surface area (Å²) >= 11 is 0. The van der Waals surface area contributed by atoms with Crippen molar-refractivity contribution in [2.75, 3.05) is 13.1 Å². The maximum atomic E-state index is 11.8. The van der Waals surface area contributed by atoms with Crippen LogP contribution in [0.1, 0.15) is 27.7 Å². The number of carboxylic acid groups (broad SMARTS) is 1. The van der Waals surface area contributed by atoms with Crippen LogP contribution in [0.2, 0.25) is 0 Å². The van der Waals surface area contributed by atoms with Crippen molar-refractivity contribution in [2.45, 2.75) is 39.8 Å². The van der Waals surface area contributed by atoms with E-state index in [0.29, 0.717) is 13.1 Å². The van der Waals surface area contributed by atoms with Crippen LogP contribution in [-0.4, -0.2) is 53.1 Å². The van der Waals surface area contributed by atoms with Crippen LogP contribution in [0.5, 0.6) is 0 Å². The van der Waals surface area contributed by atoms with Crippen LogP contribution in [0.3, 0.4) is 0 Å². The molecule has 0 aliphatic carbocycles. The Morgan fingerprint density at radius 3 is 1.89 bits per heavy atom. The van der Waals surface area contributed by atoms with Gasteiger partial charge in [0, 0.05) is 13.1 Å². The molecule has 0 saturated carbocycles. The fourth-order valence-electron chi connectivity index (χ4n) is 1.37. The SMILES string of the molecule is CCN(CC)C(=O)C(C)NC(=O)NC(C)C(=O)O. The molecule has 3 N–H and O–H groups in total. The molecule has 7 heteroatoms. The summed E-state index contributed by atoms with van der Waals surface area (Å²) < 4.78 is 0. The van der Waals surface area contributed by atoms with Crippen molar-refractivity contribution in [1.82, 2.24) is 15.5 Å². The fourth-order valence-corrected chi connectivity index (χ4v) is 1.37. The number of carbonyl (C=O) groups is 3. The van der Waals surface area contributed by atoms with Gasteiger partial charge in [0.25, 0.3) is 0 Å². The number of carbonyl (C=O) groups excluding carboxylic acids is 2. The minimum Gasteiger partial charge on any atom is -0.480 e. The largest absolute Gasteiger partial charge is 0.480 e. The third kappa shape index (κ3) is 5.03. The zero-order valence-electron chi connectivity index (χ0n) is 11.2. The maximum absolute atomic E-state index is 11.8. The highest BCUT2D eigenvalue weighted by atomic mass is 16.4. The first-order valence-corrected chi connectivity index (χ1v) is 5.92. The van der Waals surface area contributed by atoms with Crippen LogP contribution in [0.25, 0.3) is 0 Å². The molecule has 0 bridgehead atoms. The molecule has 0 aromatic carbocycles. The van der Waals surface area contributed by atoms with Crippen LogP contribution in [0.4, 0.5) is 4.79 Å². The summed E-state index contributed by atoms with van der Waals surface area (Å²) in [6, 6.07) is -2.36. The van der Waals surface area contributed by atoms with Gasteiger partial charge in [0.2, 0.25) is 5.91 Å². The van der Waals surface area contributed by atoms with E-state index in [4.69, 9.17) is 5.11 Å². The molecule has 104 valence electrons. The van der Waals surface area contributed by atoms with E-state index < -0.39 is 24.1 Å². The third-order valence-corrected chi connectivity index (χ3v) is 2.51. The topological polar surface area (TPSA) is 98.7 Å². The van der Waals surface area contributed by atoms with Crippen LogP contribution >= 0.6 is 0 Å². The molecule has 0 saturated heterocycles. The molecule has 2 atom stereocenters. The normalized spacial score (nSPS) is 13.3. The Bertz CT molecular complexity index is 315. The number of carboxylic acids is 1. The first-order chi connectivity index (χ1) is 8.33. The van der Waals surface area contributed by atoms with Gasteiger partial charge in [-0.1, -0.05) is 0 Å². The first kappa shape index (κ1) is 16.2. The highest BCUT2D eigenvalue weighted by Gasteiger charge is 2.21. The van der Waals surface area contributed by atoms with Crippen molar-refractivity contribution in [2.24, 2.45) is 0 Å². The van der Waals surface area contributed by atoms with Crippen LogP contribution < -0.4 is 10.6 Å². The zero-order chi connectivity index (χ0) is 14.3. The van der Waals surface area contributed by atoms with Crippen LogP contribution in [-0.2, 0) is 9.59 Å². The molecule has 0 aliphatic rings.